The van der Waals surface area contributed by atoms with Gasteiger partial charge in [-0.3, -0.25) is 4.79 Å². The zero-order valence-electron chi connectivity index (χ0n) is 27.4. The van der Waals surface area contributed by atoms with Crippen molar-refractivity contribution in [3.63, 3.8) is 0 Å². The molecule has 9 nitrogen and oxygen atoms in total. The van der Waals surface area contributed by atoms with Crippen LogP contribution < -0.4 is 0 Å². The van der Waals surface area contributed by atoms with Crippen LogP contribution in [0, 0.1) is 5.92 Å². The molecule has 45 heavy (non-hydrogen) atoms. The van der Waals surface area contributed by atoms with Crippen molar-refractivity contribution in [1.29, 1.82) is 0 Å². The summed E-state index contributed by atoms with van der Waals surface area (Å²) in [5.41, 5.74) is 2.35. The Hall–Kier alpha value is -1.17. The van der Waals surface area contributed by atoms with E-state index in [4.69, 9.17) is 28.4 Å². The number of rotatable bonds is 11. The lowest BCUT2D eigenvalue weighted by Crippen LogP contribution is -2.57. The average Bonchev–Trinajstić information content (AvgIpc) is 3.70. The highest BCUT2D eigenvalue weighted by Crippen LogP contribution is 2.39. The van der Waals surface area contributed by atoms with E-state index in [2.05, 4.69) is 20.1 Å². The summed E-state index contributed by atoms with van der Waals surface area (Å²) >= 11 is 0. The standard InChI is InChI=1S/C36H56O9/c1-20-5-6-26(41-22(20)3)9-11-32-21(2)15-27(42-32)7-8-29-18-30(38)36(44-29)34-19-31(39)35-33(45-34)12-10-28(43-35)17-25(37)16-24-13-14-40-23(24)4/h22-24,26-36,38-39H,1-2,5-19H2,3-4H3/t22-,23+,24?,26-,27?,28?,29?,30?,31?,32+,33?,34?,35?,36?/m1/s1. The summed E-state index contributed by atoms with van der Waals surface area (Å²) in [4.78, 5) is 12.7. The molecule has 14 atom stereocenters. The molecule has 9 heteroatoms. The van der Waals surface area contributed by atoms with Crippen molar-refractivity contribution < 1.29 is 43.4 Å². The van der Waals surface area contributed by atoms with E-state index in [0.717, 1.165) is 76.4 Å². The molecule has 254 valence electrons. The summed E-state index contributed by atoms with van der Waals surface area (Å²) in [6, 6.07) is 0. The van der Waals surface area contributed by atoms with Crippen LogP contribution in [0.2, 0.25) is 0 Å². The molecular formula is C36H56O9. The van der Waals surface area contributed by atoms with Crippen molar-refractivity contribution in [2.24, 2.45) is 5.92 Å². The molecule has 6 saturated heterocycles. The van der Waals surface area contributed by atoms with Gasteiger partial charge in [0, 0.05) is 32.3 Å². The van der Waals surface area contributed by atoms with E-state index in [-0.39, 0.29) is 60.7 Å². The van der Waals surface area contributed by atoms with Crippen molar-refractivity contribution >= 4 is 5.78 Å². The van der Waals surface area contributed by atoms with Gasteiger partial charge in [0.05, 0.1) is 67.1 Å². The van der Waals surface area contributed by atoms with E-state index in [9.17, 15) is 15.0 Å². The molecule has 0 saturated carbocycles. The lowest BCUT2D eigenvalue weighted by molar-refractivity contribution is -0.247. The Labute approximate surface area is 269 Å². The molecule has 0 aliphatic carbocycles. The summed E-state index contributed by atoms with van der Waals surface area (Å²) < 4.78 is 37.1. The van der Waals surface area contributed by atoms with Crippen molar-refractivity contribution in [1.82, 2.24) is 0 Å². The van der Waals surface area contributed by atoms with Crippen molar-refractivity contribution in [3.8, 4) is 0 Å². The first kappa shape index (κ1) is 33.7. The smallest absolute Gasteiger partial charge is 0.135 e. The van der Waals surface area contributed by atoms with Crippen molar-refractivity contribution in [2.75, 3.05) is 6.61 Å². The minimum absolute atomic E-state index is 0.0735. The van der Waals surface area contributed by atoms with Crippen LogP contribution in [0.5, 0.6) is 0 Å². The van der Waals surface area contributed by atoms with Crippen LogP contribution in [0.25, 0.3) is 0 Å². The number of hydrogen-bond acceptors (Lipinski definition) is 9. The fourth-order valence-corrected chi connectivity index (χ4v) is 8.52. The van der Waals surface area contributed by atoms with Gasteiger partial charge in [0.15, 0.2) is 0 Å². The van der Waals surface area contributed by atoms with E-state index >= 15 is 0 Å². The molecule has 2 N–H and O–H groups in total. The molecule has 0 bridgehead atoms. The van der Waals surface area contributed by atoms with E-state index < -0.39 is 24.4 Å². The molecular weight excluding hydrogens is 576 g/mol. The van der Waals surface area contributed by atoms with Crippen LogP contribution in [0.15, 0.2) is 24.3 Å². The first-order valence-corrected chi connectivity index (χ1v) is 17.7. The predicted molar refractivity (Wildman–Crippen MR) is 168 cm³/mol. The Kier molecular flexibility index (Phi) is 11.2. The number of fused-ring (bicyclic) bond motifs is 1. The maximum Gasteiger partial charge on any atom is 0.135 e. The number of hydrogen-bond donors (Lipinski definition) is 2. The first-order valence-electron chi connectivity index (χ1n) is 17.7. The SMILES string of the molecule is C=C1CC(CCC2CC(O)C(C3CC(O)C4OC(CC(=O)CC5CCO[C@H]5C)CCC4O3)O2)O[C@H]1CC[C@H]1CCC(=C)[C@@H](C)O1. The Morgan fingerprint density at radius 2 is 1.47 bits per heavy atom. The molecule has 6 aliphatic heterocycles. The van der Waals surface area contributed by atoms with Crippen LogP contribution in [-0.2, 0) is 33.2 Å². The summed E-state index contributed by atoms with van der Waals surface area (Å²) in [6.45, 7) is 13.2. The number of ether oxygens (including phenoxy) is 6. The minimum Gasteiger partial charge on any atom is -0.390 e. The van der Waals surface area contributed by atoms with Gasteiger partial charge in [0.1, 0.15) is 18.0 Å². The maximum atomic E-state index is 12.7. The van der Waals surface area contributed by atoms with Crippen LogP contribution in [0.1, 0.15) is 104 Å². The normalized spacial score (nSPS) is 45.6. The second-order valence-corrected chi connectivity index (χ2v) is 14.8. The third-order valence-electron chi connectivity index (χ3n) is 11.4. The zero-order chi connectivity index (χ0) is 31.7. The molecule has 0 radical (unpaired) electrons. The zero-order valence-corrected chi connectivity index (χ0v) is 27.4. The second kappa shape index (κ2) is 14.9. The largest absolute Gasteiger partial charge is 0.390 e. The average molecular weight is 633 g/mol. The van der Waals surface area contributed by atoms with Gasteiger partial charge in [-0.05, 0) is 95.1 Å². The number of aliphatic hydroxyl groups is 2. The number of carbonyl (C=O) groups excluding carboxylic acids is 1. The number of carbonyl (C=O) groups is 1. The monoisotopic (exact) mass is 632 g/mol. The summed E-state index contributed by atoms with van der Waals surface area (Å²) in [5.74, 6) is 0.496. The molecule has 6 fully saturated rings. The van der Waals surface area contributed by atoms with Gasteiger partial charge in [0.2, 0.25) is 0 Å². The maximum absolute atomic E-state index is 12.7. The summed E-state index contributed by atoms with van der Waals surface area (Å²) in [7, 11) is 0. The molecule has 10 unspecified atom stereocenters. The van der Waals surface area contributed by atoms with Gasteiger partial charge in [0.25, 0.3) is 0 Å². The second-order valence-electron chi connectivity index (χ2n) is 14.8. The van der Waals surface area contributed by atoms with E-state index in [1.54, 1.807) is 0 Å². The van der Waals surface area contributed by atoms with Crippen LogP contribution >= 0.6 is 0 Å². The molecule has 6 heterocycles. The molecule has 0 aromatic rings. The van der Waals surface area contributed by atoms with Gasteiger partial charge in [-0.1, -0.05) is 13.2 Å². The third-order valence-corrected chi connectivity index (χ3v) is 11.4. The summed E-state index contributed by atoms with van der Waals surface area (Å²) in [6.07, 6.45) is 8.20. The van der Waals surface area contributed by atoms with E-state index in [1.807, 2.05) is 6.92 Å². The topological polar surface area (TPSA) is 113 Å². The molecule has 0 amide bonds. The Balaban J connectivity index is 0.909. The Morgan fingerprint density at radius 1 is 0.733 bits per heavy atom. The molecule has 6 rings (SSSR count). The van der Waals surface area contributed by atoms with Gasteiger partial charge < -0.3 is 38.6 Å². The van der Waals surface area contributed by atoms with Crippen molar-refractivity contribution in [3.05, 3.63) is 24.3 Å². The van der Waals surface area contributed by atoms with Gasteiger partial charge >= 0.3 is 0 Å². The van der Waals surface area contributed by atoms with Crippen LogP contribution in [0.4, 0.5) is 0 Å². The van der Waals surface area contributed by atoms with Gasteiger partial charge in [-0.15, -0.1) is 0 Å². The number of Topliss-reactive ketones (excluding diaryl/α,β-unsaturated/α-hetero) is 1. The predicted octanol–water partition coefficient (Wildman–Crippen LogP) is 4.74. The third kappa shape index (κ3) is 8.29. The van der Waals surface area contributed by atoms with Crippen LogP contribution in [-0.4, -0.2) is 102 Å². The Morgan fingerprint density at radius 3 is 2.24 bits per heavy atom. The van der Waals surface area contributed by atoms with Crippen LogP contribution in [0.3, 0.4) is 0 Å². The lowest BCUT2D eigenvalue weighted by Gasteiger charge is -2.46. The fourth-order valence-electron chi connectivity index (χ4n) is 8.52. The highest BCUT2D eigenvalue weighted by atomic mass is 16.6. The summed E-state index contributed by atoms with van der Waals surface area (Å²) in [5, 5.41) is 22.0. The molecule has 0 aromatic heterocycles. The molecule has 0 spiro atoms. The molecule has 0 aromatic carbocycles. The number of aliphatic hydroxyl groups excluding tert-OH is 2. The number of ketones is 1. The lowest BCUT2D eigenvalue weighted by atomic mass is 9.87. The highest BCUT2D eigenvalue weighted by molar-refractivity contribution is 5.79. The van der Waals surface area contributed by atoms with E-state index in [0.29, 0.717) is 31.6 Å². The fraction of sp³-hybridized carbons (Fsp3) is 0.861. The first-order chi connectivity index (χ1) is 21.6. The minimum atomic E-state index is -0.722. The quantitative estimate of drug-likeness (QED) is 0.312. The van der Waals surface area contributed by atoms with E-state index in [1.165, 1.54) is 5.57 Å². The Bertz CT molecular complexity index is 1050. The van der Waals surface area contributed by atoms with Gasteiger partial charge in [-0.25, -0.2) is 0 Å². The molecule has 6 aliphatic rings. The highest BCUT2D eigenvalue weighted by Gasteiger charge is 2.49. The van der Waals surface area contributed by atoms with Gasteiger partial charge in [-0.2, -0.15) is 0 Å². The van der Waals surface area contributed by atoms with Crippen molar-refractivity contribution in [2.45, 2.75) is 183 Å².